The molecular formula is C27H28N4O2. The molecule has 6 heteroatoms. The lowest BCUT2D eigenvalue weighted by molar-refractivity contribution is 0.245. The molecule has 2 aromatic carbocycles. The number of para-hydroxylation sites is 1. The van der Waals surface area contributed by atoms with Crippen molar-refractivity contribution in [2.24, 2.45) is 14.1 Å². The first-order valence-electron chi connectivity index (χ1n) is 11.4. The first-order valence-corrected chi connectivity index (χ1v) is 11.4. The molecular weight excluding hydrogens is 412 g/mol. The molecule has 0 spiro atoms. The topological polar surface area (TPSA) is 52.2 Å². The molecule has 4 aromatic rings. The van der Waals surface area contributed by atoms with E-state index < -0.39 is 0 Å². The Morgan fingerprint density at radius 2 is 1.52 bits per heavy atom. The zero-order valence-electron chi connectivity index (χ0n) is 19.4. The van der Waals surface area contributed by atoms with Crippen LogP contribution in [-0.4, -0.2) is 31.7 Å². The molecule has 6 nitrogen and oxygen atoms in total. The van der Waals surface area contributed by atoms with Gasteiger partial charge < -0.3 is 0 Å². The van der Waals surface area contributed by atoms with Gasteiger partial charge in [0.1, 0.15) is 5.65 Å². The van der Waals surface area contributed by atoms with Crippen LogP contribution in [0.3, 0.4) is 0 Å². The fraction of sp³-hybridized carbons (Fsp3) is 0.259. The van der Waals surface area contributed by atoms with Gasteiger partial charge in [0.2, 0.25) is 0 Å². The van der Waals surface area contributed by atoms with E-state index in [0.29, 0.717) is 11.0 Å². The second kappa shape index (κ2) is 8.05. The monoisotopic (exact) mass is 440 g/mol. The number of aryl methyl sites for hydroxylation is 1. The molecule has 33 heavy (non-hydrogen) atoms. The lowest BCUT2D eigenvalue weighted by Crippen LogP contribution is -2.37. The van der Waals surface area contributed by atoms with Crippen molar-refractivity contribution >= 4 is 23.2 Å². The molecule has 1 aliphatic rings. The molecule has 0 aliphatic heterocycles. The summed E-state index contributed by atoms with van der Waals surface area (Å²) in [5.41, 5.74) is 5.17. The fourth-order valence-corrected chi connectivity index (χ4v) is 5.16. The smallest absolute Gasteiger partial charge is 0.297 e. The van der Waals surface area contributed by atoms with E-state index in [1.54, 1.807) is 18.7 Å². The van der Waals surface area contributed by atoms with Gasteiger partial charge in [-0.15, -0.1) is 0 Å². The Balaban J connectivity index is 2.05. The number of hydrogen-bond acceptors (Lipinski definition) is 3. The third-order valence-corrected chi connectivity index (χ3v) is 6.80. The van der Waals surface area contributed by atoms with Gasteiger partial charge in [0, 0.05) is 25.3 Å². The summed E-state index contributed by atoms with van der Waals surface area (Å²) >= 11 is 0. The average Bonchev–Trinajstić information content (AvgIpc) is 3.09. The Kier molecular flexibility index (Phi) is 5.17. The first kappa shape index (κ1) is 21.2. The van der Waals surface area contributed by atoms with E-state index in [1.807, 2.05) is 42.5 Å². The number of rotatable bonds is 4. The first-order chi connectivity index (χ1) is 16.0. The van der Waals surface area contributed by atoms with Crippen molar-refractivity contribution < 1.29 is 0 Å². The summed E-state index contributed by atoms with van der Waals surface area (Å²) in [5.74, 6) is 0. The van der Waals surface area contributed by atoms with Crippen LogP contribution in [0.4, 0.5) is 0 Å². The molecule has 5 rings (SSSR count). The minimum atomic E-state index is -0.332. The maximum absolute atomic E-state index is 13.5. The highest BCUT2D eigenvalue weighted by molar-refractivity contribution is 5.94. The van der Waals surface area contributed by atoms with Crippen molar-refractivity contribution in [1.29, 1.82) is 0 Å². The zero-order chi connectivity index (χ0) is 23.3. The zero-order valence-corrected chi connectivity index (χ0v) is 19.4. The summed E-state index contributed by atoms with van der Waals surface area (Å²) in [6, 6.07) is 18.3. The molecule has 1 unspecified atom stereocenters. The van der Waals surface area contributed by atoms with Crippen molar-refractivity contribution in [1.82, 2.24) is 18.6 Å². The summed E-state index contributed by atoms with van der Waals surface area (Å²) in [4.78, 5) is 28.9. The van der Waals surface area contributed by atoms with E-state index in [4.69, 9.17) is 0 Å². The van der Waals surface area contributed by atoms with Crippen molar-refractivity contribution in [2.45, 2.75) is 19.9 Å². The second-order valence-electron chi connectivity index (χ2n) is 8.46. The van der Waals surface area contributed by atoms with Crippen molar-refractivity contribution in [3.05, 3.63) is 97.8 Å². The molecule has 1 atom stereocenters. The largest absolute Gasteiger partial charge is 0.332 e. The van der Waals surface area contributed by atoms with Crippen LogP contribution in [0, 0.1) is 0 Å². The lowest BCUT2D eigenvalue weighted by atomic mass is 9.96. The SMILES string of the molecule is CCN(CC)C1c2ccccc2C=Cc2c1n(-c1ccccc1)c1c2c(=O)n(C)c(=O)n1C. The van der Waals surface area contributed by atoms with Crippen LogP contribution in [0.25, 0.3) is 28.9 Å². The van der Waals surface area contributed by atoms with Crippen LogP contribution >= 0.6 is 0 Å². The van der Waals surface area contributed by atoms with Gasteiger partial charge in [-0.2, -0.15) is 0 Å². The molecule has 0 N–H and O–H groups in total. The van der Waals surface area contributed by atoms with Crippen molar-refractivity contribution in [3.8, 4) is 5.69 Å². The summed E-state index contributed by atoms with van der Waals surface area (Å²) in [6.45, 7) is 6.02. The number of benzene rings is 2. The Labute approximate surface area is 192 Å². The standard InChI is InChI=1S/C27H28N4O2/c1-5-30(6-2)23-20-15-11-10-12-18(20)16-17-21-22-25(28(3)27(33)29(4)26(22)32)31(24(21)23)19-13-8-7-9-14-19/h7-17,23H,5-6H2,1-4H3. The van der Waals surface area contributed by atoms with Gasteiger partial charge in [-0.1, -0.05) is 68.5 Å². The number of fused-ring (bicyclic) bond motifs is 4. The van der Waals surface area contributed by atoms with E-state index in [9.17, 15) is 9.59 Å². The minimum Gasteiger partial charge on any atom is -0.297 e. The maximum atomic E-state index is 13.5. The third kappa shape index (κ3) is 3.05. The molecule has 0 amide bonds. The Morgan fingerprint density at radius 1 is 0.848 bits per heavy atom. The molecule has 1 aliphatic carbocycles. The van der Waals surface area contributed by atoms with Crippen LogP contribution in [-0.2, 0) is 14.1 Å². The predicted octanol–water partition coefficient (Wildman–Crippen LogP) is 3.94. The van der Waals surface area contributed by atoms with Crippen molar-refractivity contribution in [2.75, 3.05) is 13.1 Å². The molecule has 2 heterocycles. The highest BCUT2D eigenvalue weighted by Gasteiger charge is 2.33. The minimum absolute atomic E-state index is 0.0754. The summed E-state index contributed by atoms with van der Waals surface area (Å²) < 4.78 is 4.91. The van der Waals surface area contributed by atoms with Crippen LogP contribution < -0.4 is 11.2 Å². The van der Waals surface area contributed by atoms with E-state index in [1.165, 1.54) is 10.1 Å². The highest BCUT2D eigenvalue weighted by atomic mass is 16.2. The van der Waals surface area contributed by atoms with Crippen LogP contribution in [0.15, 0.2) is 64.2 Å². The van der Waals surface area contributed by atoms with Gasteiger partial charge in [0.05, 0.1) is 17.1 Å². The van der Waals surface area contributed by atoms with E-state index in [-0.39, 0.29) is 17.3 Å². The van der Waals surface area contributed by atoms with Crippen molar-refractivity contribution in [3.63, 3.8) is 0 Å². The predicted molar refractivity (Wildman–Crippen MR) is 134 cm³/mol. The van der Waals surface area contributed by atoms with Gasteiger partial charge in [-0.3, -0.25) is 23.4 Å². The van der Waals surface area contributed by atoms with E-state index in [2.05, 4.69) is 47.6 Å². The number of aromatic nitrogens is 3. The van der Waals surface area contributed by atoms with E-state index in [0.717, 1.165) is 35.6 Å². The molecule has 0 bridgehead atoms. The second-order valence-corrected chi connectivity index (χ2v) is 8.46. The molecule has 0 radical (unpaired) electrons. The highest BCUT2D eigenvalue weighted by Crippen LogP contribution is 2.41. The molecule has 2 aromatic heterocycles. The van der Waals surface area contributed by atoms with Gasteiger partial charge in [-0.25, -0.2) is 4.79 Å². The molecule has 0 saturated heterocycles. The Bertz CT molecular complexity index is 1500. The average molecular weight is 441 g/mol. The number of hydrogen-bond donors (Lipinski definition) is 0. The summed E-state index contributed by atoms with van der Waals surface area (Å²) in [7, 11) is 3.29. The summed E-state index contributed by atoms with van der Waals surface area (Å²) in [5, 5.41) is 0.569. The Hall–Kier alpha value is -3.64. The van der Waals surface area contributed by atoms with Gasteiger partial charge in [-0.05, 0) is 36.3 Å². The van der Waals surface area contributed by atoms with E-state index >= 15 is 0 Å². The quantitative estimate of drug-likeness (QED) is 0.483. The van der Waals surface area contributed by atoms with Gasteiger partial charge >= 0.3 is 5.69 Å². The van der Waals surface area contributed by atoms with Crippen LogP contribution in [0.1, 0.15) is 42.3 Å². The fourth-order valence-electron chi connectivity index (χ4n) is 5.16. The lowest BCUT2D eigenvalue weighted by Gasteiger charge is -2.32. The molecule has 168 valence electrons. The van der Waals surface area contributed by atoms with Gasteiger partial charge in [0.25, 0.3) is 5.56 Å². The molecule has 0 fully saturated rings. The third-order valence-electron chi connectivity index (χ3n) is 6.80. The summed E-state index contributed by atoms with van der Waals surface area (Å²) in [6.07, 6.45) is 4.14. The molecule has 0 saturated carbocycles. The Morgan fingerprint density at radius 3 is 2.21 bits per heavy atom. The van der Waals surface area contributed by atoms with Crippen LogP contribution in [0.5, 0.6) is 0 Å². The number of nitrogens with zero attached hydrogens (tertiary/aromatic N) is 4. The maximum Gasteiger partial charge on any atom is 0.332 e. The van der Waals surface area contributed by atoms with Crippen LogP contribution in [0.2, 0.25) is 0 Å². The van der Waals surface area contributed by atoms with Gasteiger partial charge in [0.15, 0.2) is 0 Å². The normalized spacial score (nSPS) is 15.0.